The van der Waals surface area contributed by atoms with Crippen LogP contribution in [-0.2, 0) is 34.6 Å². The number of hydrogen-bond donors (Lipinski definition) is 2. The van der Waals surface area contributed by atoms with Crippen molar-refractivity contribution in [2.24, 2.45) is 0 Å². The molecule has 2 N–H and O–H groups in total. The Labute approximate surface area is 365 Å². The van der Waals surface area contributed by atoms with Crippen LogP contribution in [0.4, 0.5) is 16.2 Å². The number of benzene rings is 2. The Kier molecular flexibility index (Phi) is 20.1. The van der Waals surface area contributed by atoms with Gasteiger partial charge in [0.1, 0.15) is 13.2 Å². The summed E-state index contributed by atoms with van der Waals surface area (Å²) >= 11 is 0. The molecule has 0 saturated carbocycles. The molecule has 60 heavy (non-hydrogen) atoms. The molecule has 11 heteroatoms. The molecule has 0 bridgehead atoms. The molecule has 0 saturated heterocycles. The first-order valence-corrected chi connectivity index (χ1v) is 21.8. The van der Waals surface area contributed by atoms with E-state index in [1.54, 1.807) is 0 Å². The fourth-order valence-corrected chi connectivity index (χ4v) is 8.33. The van der Waals surface area contributed by atoms with E-state index >= 15 is 0 Å². The molecular formula is C49H69ClN4O6. The standard InChI is InChI=1S/C49H68N4O6.ClH/c1-48(2)40-23-16-18-25-42(40)52(5)44(48)27-13-9-14-28-45-49(3,4)41-24-17-19-26-43(41)53(45)32-20-10-15-29-46(54)50-30-33-56-35-37-58-38-36-57-34-31-51-47(55)59-39-21-11-7-6-8-12-22-39;/h6-7,9,13-14,16-19,23-28,39H,8,10-12,15,20-22,29-38H2,1-5H3,(H-,50,51,54,55);1H/b7-6-;. The highest BCUT2D eigenvalue weighted by molar-refractivity contribution is 6.03. The van der Waals surface area contributed by atoms with E-state index in [1.165, 1.54) is 33.9 Å². The smallest absolute Gasteiger partial charge is 0.407 e. The normalized spacial score (nSPS) is 19.2. The van der Waals surface area contributed by atoms with E-state index in [9.17, 15) is 9.59 Å². The Morgan fingerprint density at radius 3 is 2.18 bits per heavy atom. The molecule has 10 nitrogen and oxygen atoms in total. The largest absolute Gasteiger partial charge is 1.00 e. The molecule has 0 aromatic heterocycles. The Morgan fingerprint density at radius 2 is 1.43 bits per heavy atom. The van der Waals surface area contributed by atoms with E-state index in [0.717, 1.165) is 57.9 Å². The van der Waals surface area contributed by atoms with Crippen LogP contribution in [0.2, 0.25) is 0 Å². The minimum atomic E-state index is -0.379. The summed E-state index contributed by atoms with van der Waals surface area (Å²) in [6.07, 6.45) is 23.1. The van der Waals surface area contributed by atoms with Crippen molar-refractivity contribution < 1.29 is 45.5 Å². The highest BCUT2D eigenvalue weighted by atomic mass is 35.5. The predicted octanol–water partition coefficient (Wildman–Crippen LogP) is 5.83. The van der Waals surface area contributed by atoms with Crippen LogP contribution in [0.25, 0.3) is 0 Å². The van der Waals surface area contributed by atoms with Crippen molar-refractivity contribution in [1.29, 1.82) is 0 Å². The van der Waals surface area contributed by atoms with E-state index in [0.29, 0.717) is 59.2 Å². The monoisotopic (exact) mass is 844 g/mol. The number of allylic oxidation sites excluding steroid dienone is 8. The second kappa shape index (κ2) is 24.9. The lowest BCUT2D eigenvalue weighted by molar-refractivity contribution is -0.401. The fourth-order valence-electron chi connectivity index (χ4n) is 8.33. The lowest BCUT2D eigenvalue weighted by Gasteiger charge is -2.27. The maximum absolute atomic E-state index is 12.5. The van der Waals surface area contributed by atoms with E-state index in [-0.39, 0.29) is 41.3 Å². The highest BCUT2D eigenvalue weighted by Crippen LogP contribution is 2.47. The maximum atomic E-state index is 12.5. The quantitative estimate of drug-likeness (QED) is 0.0667. The molecular weight excluding hydrogens is 776 g/mol. The third-order valence-corrected chi connectivity index (χ3v) is 11.6. The second-order valence-electron chi connectivity index (χ2n) is 16.6. The van der Waals surface area contributed by atoms with Crippen molar-refractivity contribution >= 4 is 29.1 Å². The predicted molar refractivity (Wildman–Crippen MR) is 238 cm³/mol. The summed E-state index contributed by atoms with van der Waals surface area (Å²) in [6.45, 7) is 13.6. The topological polar surface area (TPSA) is 101 Å². The van der Waals surface area contributed by atoms with Crippen molar-refractivity contribution in [3.63, 3.8) is 0 Å². The molecule has 2 aromatic carbocycles. The van der Waals surface area contributed by atoms with Crippen LogP contribution < -0.4 is 27.9 Å². The van der Waals surface area contributed by atoms with Gasteiger partial charge < -0.3 is 46.9 Å². The first kappa shape index (κ1) is 48.4. The molecule has 2 amide bonds. The van der Waals surface area contributed by atoms with E-state index in [1.807, 2.05) is 0 Å². The molecule has 2 aromatic rings. The lowest BCUT2D eigenvalue weighted by Crippen LogP contribution is -3.00. The van der Waals surface area contributed by atoms with Crippen LogP contribution >= 0.6 is 0 Å². The Morgan fingerprint density at radius 1 is 0.767 bits per heavy atom. The number of ether oxygens (including phenoxy) is 4. The number of anilines is 1. The van der Waals surface area contributed by atoms with Crippen LogP contribution in [0, 0.1) is 0 Å². The average molecular weight is 846 g/mol. The van der Waals surface area contributed by atoms with Crippen LogP contribution in [0.3, 0.4) is 0 Å². The Hall–Kier alpha value is -4.22. The number of carbonyl (C=O) groups is 2. The van der Waals surface area contributed by atoms with Gasteiger partial charge in [-0.05, 0) is 76.5 Å². The van der Waals surface area contributed by atoms with E-state index in [4.69, 9.17) is 18.9 Å². The lowest BCUT2D eigenvalue weighted by atomic mass is 9.81. The van der Waals surface area contributed by atoms with Crippen LogP contribution in [0.1, 0.15) is 96.6 Å². The van der Waals surface area contributed by atoms with Gasteiger partial charge in [0.2, 0.25) is 11.6 Å². The Bertz CT molecular complexity index is 1830. The minimum absolute atomic E-state index is 0. The van der Waals surface area contributed by atoms with Gasteiger partial charge in [-0.15, -0.1) is 0 Å². The Balaban J connectivity index is 0.00000794. The van der Waals surface area contributed by atoms with Gasteiger partial charge in [-0.2, -0.15) is 4.58 Å². The van der Waals surface area contributed by atoms with Gasteiger partial charge >= 0.3 is 6.09 Å². The van der Waals surface area contributed by atoms with E-state index < -0.39 is 0 Å². The average Bonchev–Trinajstić information content (AvgIpc) is 3.54. The molecule has 3 aliphatic rings. The molecule has 1 unspecified atom stereocenters. The maximum Gasteiger partial charge on any atom is 0.407 e. The third kappa shape index (κ3) is 13.9. The number of unbranched alkanes of at least 4 members (excludes halogenated alkanes) is 2. The summed E-state index contributed by atoms with van der Waals surface area (Å²) in [7, 11) is 2.15. The molecule has 2 aliphatic heterocycles. The molecule has 5 rings (SSSR count). The first-order valence-electron chi connectivity index (χ1n) is 21.8. The zero-order valence-corrected chi connectivity index (χ0v) is 37.4. The number of para-hydroxylation sites is 2. The number of hydrogen-bond acceptors (Lipinski definition) is 7. The molecule has 328 valence electrons. The number of rotatable bonds is 22. The van der Waals surface area contributed by atoms with Gasteiger partial charge in [0, 0.05) is 60.6 Å². The SMILES string of the molecule is C[N+]1=C(/C=C/C=C/C=C2/N(CCCCCC(=O)NCCOCCOCCOCCNC(=O)OC3CC/C=C\CCC3)c3ccccc3C2(C)C)C(C)(C)c2ccccc21.[Cl-]. The molecule has 0 radical (unpaired) electrons. The van der Waals surface area contributed by atoms with Crippen LogP contribution in [0.15, 0.2) is 96.8 Å². The van der Waals surface area contributed by atoms with Crippen LogP contribution in [-0.4, -0.2) is 94.7 Å². The van der Waals surface area contributed by atoms with Gasteiger partial charge in [0.25, 0.3) is 0 Å². The third-order valence-electron chi connectivity index (χ3n) is 11.6. The van der Waals surface area contributed by atoms with Gasteiger partial charge in [-0.3, -0.25) is 4.79 Å². The van der Waals surface area contributed by atoms with E-state index in [2.05, 4.69) is 146 Å². The first-order chi connectivity index (χ1) is 28.6. The van der Waals surface area contributed by atoms with Crippen molar-refractivity contribution in [2.75, 3.05) is 71.2 Å². The second-order valence-corrected chi connectivity index (χ2v) is 16.6. The summed E-state index contributed by atoms with van der Waals surface area (Å²) < 4.78 is 24.5. The number of halogens is 1. The van der Waals surface area contributed by atoms with Crippen molar-refractivity contribution in [2.45, 2.75) is 102 Å². The summed E-state index contributed by atoms with van der Waals surface area (Å²) in [5.41, 5.74) is 7.67. The molecule has 1 atom stereocenters. The number of nitrogens with one attached hydrogen (secondary N) is 2. The zero-order valence-electron chi connectivity index (χ0n) is 36.7. The zero-order chi connectivity index (χ0) is 41.9. The van der Waals surface area contributed by atoms with Gasteiger partial charge in [0.15, 0.2) is 5.71 Å². The molecule has 0 fully saturated rings. The van der Waals surface area contributed by atoms with Crippen molar-refractivity contribution in [3.8, 4) is 0 Å². The van der Waals surface area contributed by atoms with Crippen molar-refractivity contribution in [1.82, 2.24) is 10.6 Å². The van der Waals surface area contributed by atoms with Crippen molar-refractivity contribution in [3.05, 3.63) is 108 Å². The molecule has 2 heterocycles. The molecule has 0 spiro atoms. The number of amides is 2. The summed E-state index contributed by atoms with van der Waals surface area (Å²) in [5, 5.41) is 5.73. The number of alkyl carbamates (subject to hydrolysis) is 1. The fraction of sp³-hybridized carbons (Fsp3) is 0.531. The van der Waals surface area contributed by atoms with Crippen LogP contribution in [0.5, 0.6) is 0 Å². The van der Waals surface area contributed by atoms with Gasteiger partial charge in [0.05, 0.1) is 45.1 Å². The minimum Gasteiger partial charge on any atom is -1.00 e. The molecule has 1 aliphatic carbocycles. The summed E-state index contributed by atoms with van der Waals surface area (Å²) in [4.78, 5) is 27.0. The van der Waals surface area contributed by atoms with Gasteiger partial charge in [-0.25, -0.2) is 4.79 Å². The number of fused-ring (bicyclic) bond motifs is 2. The number of carbonyl (C=O) groups excluding carboxylic acids is 2. The summed E-state index contributed by atoms with van der Waals surface area (Å²) in [5.74, 6) is 0.0580. The number of nitrogens with zero attached hydrogens (tertiary/aromatic N) is 2. The highest BCUT2D eigenvalue weighted by Gasteiger charge is 2.42. The summed E-state index contributed by atoms with van der Waals surface area (Å²) in [6, 6.07) is 17.4. The van der Waals surface area contributed by atoms with Gasteiger partial charge in [-0.1, -0.05) is 87.0 Å².